The van der Waals surface area contributed by atoms with E-state index in [4.69, 9.17) is 5.14 Å². The minimum Gasteiger partial charge on any atom is -0.380 e. The first-order valence-corrected chi connectivity index (χ1v) is 13.5. The topological polar surface area (TPSA) is 110 Å². The van der Waals surface area contributed by atoms with Gasteiger partial charge in [0.25, 0.3) is 9.84 Å². The highest BCUT2D eigenvalue weighted by atomic mass is 32.2. The Morgan fingerprint density at radius 1 is 1.31 bits per heavy atom. The molecule has 0 spiro atoms. The number of alkyl halides is 3. The fraction of sp³-hybridized carbons (Fsp3) is 0.474. The Morgan fingerprint density at radius 3 is 2.44 bits per heavy atom. The molecule has 0 aliphatic heterocycles. The highest BCUT2D eigenvalue weighted by molar-refractivity contribution is 8.03. The minimum absolute atomic E-state index is 0.343. The highest BCUT2D eigenvalue weighted by Crippen LogP contribution is 2.36. The monoisotopic (exact) mass is 515 g/mol. The smallest absolute Gasteiger partial charge is 0.380 e. The van der Waals surface area contributed by atoms with Crippen molar-refractivity contribution in [2.45, 2.75) is 41.6 Å². The van der Waals surface area contributed by atoms with Crippen molar-refractivity contribution in [3.63, 3.8) is 0 Å². The number of hydrogen-bond donors (Lipinski definition) is 2. The molecule has 1 aromatic carbocycles. The van der Waals surface area contributed by atoms with Crippen molar-refractivity contribution in [3.8, 4) is 0 Å². The van der Waals surface area contributed by atoms with Gasteiger partial charge < -0.3 is 10.2 Å². The van der Waals surface area contributed by atoms with Crippen LogP contribution in [0, 0.1) is 0 Å². The molecule has 3 N–H and O–H groups in total. The van der Waals surface area contributed by atoms with Gasteiger partial charge in [0.2, 0.25) is 10.0 Å². The van der Waals surface area contributed by atoms with Gasteiger partial charge in [-0.3, -0.25) is 0 Å². The second kappa shape index (κ2) is 11.5. The van der Waals surface area contributed by atoms with Crippen LogP contribution in [-0.2, 0) is 19.9 Å². The van der Waals surface area contributed by atoms with Gasteiger partial charge in [0.05, 0.1) is 10.6 Å². The number of thioether (sulfide) groups is 1. The lowest BCUT2D eigenvalue weighted by Crippen LogP contribution is -2.31. The summed E-state index contributed by atoms with van der Waals surface area (Å²) < 4.78 is 87.4. The molecule has 0 amide bonds. The van der Waals surface area contributed by atoms with Crippen molar-refractivity contribution < 1.29 is 30.0 Å². The number of nitrogens with two attached hydrogens (primary N) is 1. The number of rotatable bonds is 12. The third kappa shape index (κ3) is 8.10. The normalized spacial score (nSPS) is 14.4. The molecule has 0 bridgehead atoms. The van der Waals surface area contributed by atoms with Crippen molar-refractivity contribution in [1.82, 2.24) is 4.90 Å². The van der Waals surface area contributed by atoms with E-state index in [1.165, 1.54) is 11.8 Å². The number of benzene rings is 1. The van der Waals surface area contributed by atoms with Crippen LogP contribution in [0.5, 0.6) is 0 Å². The number of hydrogen-bond acceptors (Lipinski definition) is 7. The van der Waals surface area contributed by atoms with Crippen LogP contribution in [0.3, 0.4) is 0 Å². The molecule has 0 heterocycles. The van der Waals surface area contributed by atoms with E-state index in [0.717, 1.165) is 23.6 Å². The van der Waals surface area contributed by atoms with E-state index >= 15 is 0 Å². The van der Waals surface area contributed by atoms with Crippen LogP contribution in [0.15, 0.2) is 51.6 Å². The summed E-state index contributed by atoms with van der Waals surface area (Å²) in [6, 6.07) is 1.99. The Balaban J connectivity index is 3.43. The fourth-order valence-corrected chi connectivity index (χ4v) is 5.01. The molecule has 0 fully saturated rings. The van der Waals surface area contributed by atoms with E-state index in [1.807, 2.05) is 25.8 Å². The minimum atomic E-state index is -5.84. The number of halogens is 3. The van der Waals surface area contributed by atoms with Gasteiger partial charge in [-0.1, -0.05) is 25.7 Å². The summed E-state index contributed by atoms with van der Waals surface area (Å²) in [5, 5.41) is 7.85. The van der Waals surface area contributed by atoms with E-state index in [2.05, 4.69) is 11.9 Å². The summed E-state index contributed by atoms with van der Waals surface area (Å²) in [4.78, 5) is 1.01. The van der Waals surface area contributed by atoms with Gasteiger partial charge in [-0.25, -0.2) is 22.0 Å². The predicted molar refractivity (Wildman–Crippen MR) is 123 cm³/mol. The number of nitrogens with zero attached hydrogens (tertiary/aromatic N) is 1. The predicted octanol–water partition coefficient (Wildman–Crippen LogP) is 3.57. The maximum Gasteiger partial charge on any atom is 0.501 e. The molecule has 1 aromatic rings. The molecule has 1 atom stereocenters. The van der Waals surface area contributed by atoms with Crippen molar-refractivity contribution in [2.24, 2.45) is 5.14 Å². The summed E-state index contributed by atoms with van der Waals surface area (Å²) in [5.41, 5.74) is -5.96. The second-order valence-corrected chi connectivity index (χ2v) is 11.7. The molecule has 0 radical (unpaired) electrons. The van der Waals surface area contributed by atoms with Crippen molar-refractivity contribution in [2.75, 3.05) is 31.2 Å². The van der Waals surface area contributed by atoms with Crippen molar-refractivity contribution in [1.29, 1.82) is 0 Å². The third-order valence-corrected chi connectivity index (χ3v) is 8.10. The molecular formula is C19H28F3N3O4S3. The average Bonchev–Trinajstić information content (AvgIpc) is 2.68. The first-order chi connectivity index (χ1) is 14.6. The standard InChI is InChI=1S/C19H28F3N3O4S3/c1-5-7-14(3)30-13-15(10-11-25(4)6-2)24-17-9-8-16(32(23,28)29)12-18(17)31(26,27)19(20,21)22/h5,7-9,12,15,24H,1,6,10-11,13H2,2-4H3,(H2,23,28,29)/b14-7+/t15-/m1/s1. The summed E-state index contributed by atoms with van der Waals surface area (Å²) in [6.07, 6.45) is 3.89. The Hall–Kier alpha value is -1.54. The molecule has 32 heavy (non-hydrogen) atoms. The molecule has 0 aliphatic carbocycles. The fourth-order valence-electron chi connectivity index (χ4n) is 2.54. The van der Waals surface area contributed by atoms with Crippen LogP contribution in [0.4, 0.5) is 18.9 Å². The SMILES string of the molecule is C=C/C=C(\C)SC[C@@H](CCN(C)CC)Nc1ccc(S(N)(=O)=O)cc1S(=O)(=O)C(F)(F)F. The maximum absolute atomic E-state index is 13.3. The Bertz CT molecular complexity index is 1040. The quantitative estimate of drug-likeness (QED) is 0.410. The highest BCUT2D eigenvalue weighted by Gasteiger charge is 2.48. The molecular weight excluding hydrogens is 487 g/mol. The zero-order valence-electron chi connectivity index (χ0n) is 18.0. The van der Waals surface area contributed by atoms with Crippen LogP contribution < -0.4 is 10.5 Å². The summed E-state index contributed by atoms with van der Waals surface area (Å²) in [5.74, 6) is 0.427. The molecule has 0 saturated heterocycles. The Morgan fingerprint density at radius 2 is 1.94 bits per heavy atom. The number of sulfonamides is 1. The number of allylic oxidation sites excluding steroid dienone is 3. The van der Waals surface area contributed by atoms with Crippen LogP contribution in [0.1, 0.15) is 20.3 Å². The van der Waals surface area contributed by atoms with Crippen LogP contribution >= 0.6 is 11.8 Å². The number of nitrogens with one attached hydrogen (secondary N) is 1. The average molecular weight is 516 g/mol. The number of anilines is 1. The second-order valence-electron chi connectivity index (χ2n) is 7.00. The zero-order chi connectivity index (χ0) is 24.7. The van der Waals surface area contributed by atoms with Gasteiger partial charge in [0, 0.05) is 11.8 Å². The van der Waals surface area contributed by atoms with E-state index in [1.54, 1.807) is 12.2 Å². The van der Waals surface area contributed by atoms with Crippen LogP contribution in [0.2, 0.25) is 0 Å². The molecule has 0 unspecified atom stereocenters. The van der Waals surface area contributed by atoms with Gasteiger partial charge in [-0.15, -0.1) is 11.8 Å². The maximum atomic E-state index is 13.3. The van der Waals surface area contributed by atoms with E-state index in [0.29, 0.717) is 24.8 Å². The molecule has 0 aliphatic rings. The van der Waals surface area contributed by atoms with Crippen molar-refractivity contribution in [3.05, 3.63) is 41.8 Å². The molecule has 182 valence electrons. The van der Waals surface area contributed by atoms with Gasteiger partial charge in [-0.05, 0) is 56.6 Å². The lowest BCUT2D eigenvalue weighted by atomic mass is 10.2. The lowest BCUT2D eigenvalue weighted by Gasteiger charge is -2.24. The largest absolute Gasteiger partial charge is 0.501 e. The van der Waals surface area contributed by atoms with E-state index in [-0.39, 0.29) is 5.69 Å². The van der Waals surface area contributed by atoms with Gasteiger partial charge >= 0.3 is 5.51 Å². The van der Waals surface area contributed by atoms with Gasteiger partial charge in [0.15, 0.2) is 0 Å². The first kappa shape index (κ1) is 28.5. The zero-order valence-corrected chi connectivity index (χ0v) is 20.5. The Kier molecular flexibility index (Phi) is 10.3. The van der Waals surface area contributed by atoms with Crippen LogP contribution in [0.25, 0.3) is 0 Å². The van der Waals surface area contributed by atoms with Gasteiger partial charge in [-0.2, -0.15) is 13.2 Å². The van der Waals surface area contributed by atoms with Crippen molar-refractivity contribution >= 4 is 37.3 Å². The number of sulfone groups is 1. The van der Waals surface area contributed by atoms with E-state index in [9.17, 15) is 30.0 Å². The van der Waals surface area contributed by atoms with Gasteiger partial charge in [0.1, 0.15) is 4.90 Å². The third-order valence-electron chi connectivity index (χ3n) is 4.50. The lowest BCUT2D eigenvalue weighted by molar-refractivity contribution is -0.0435. The molecule has 7 nitrogen and oxygen atoms in total. The summed E-state index contributed by atoms with van der Waals surface area (Å²) >= 11 is 1.44. The van der Waals surface area contributed by atoms with Crippen LogP contribution in [-0.4, -0.2) is 59.2 Å². The molecule has 1 rings (SSSR count). The first-order valence-electron chi connectivity index (χ1n) is 9.48. The molecule has 0 aromatic heterocycles. The number of primary sulfonamides is 1. The molecule has 0 saturated carbocycles. The Labute approximate surface area is 191 Å². The molecule has 13 heteroatoms. The summed E-state index contributed by atoms with van der Waals surface area (Å²) in [7, 11) is -8.37. The van der Waals surface area contributed by atoms with E-state index < -0.39 is 41.2 Å². The summed E-state index contributed by atoms with van der Waals surface area (Å²) in [6.45, 7) is 8.78.